The summed E-state index contributed by atoms with van der Waals surface area (Å²) in [5.74, 6) is 1.35. The Hall–Kier alpha value is -1.34. The average Bonchev–Trinajstić information content (AvgIpc) is 3.05. The number of piperazine rings is 1. The summed E-state index contributed by atoms with van der Waals surface area (Å²) in [6.07, 6.45) is 3.00. The lowest BCUT2D eigenvalue weighted by atomic mass is 10.0. The number of thiazole rings is 1. The van der Waals surface area contributed by atoms with E-state index in [0.29, 0.717) is 17.9 Å². The standard InChI is InChI=1S/C16H30N6S/c1-13(2)11-14(20(3)4)12-19-15(17)21-6-8-22(9-7-21)16-18-5-10-23-16/h5,10,13-14H,6-9,11-12H2,1-4H3,(H2,17,19). The summed E-state index contributed by atoms with van der Waals surface area (Å²) in [5, 5.41) is 3.12. The molecule has 0 bridgehead atoms. The SMILES string of the molecule is CC(C)CC(CN=C(N)N1CCN(c2nccs2)CC1)N(C)C. The Morgan fingerprint density at radius 3 is 2.57 bits per heavy atom. The second-order valence-corrected chi connectivity index (χ2v) is 7.61. The highest BCUT2D eigenvalue weighted by Gasteiger charge is 2.20. The van der Waals surface area contributed by atoms with Gasteiger partial charge < -0.3 is 20.4 Å². The summed E-state index contributed by atoms with van der Waals surface area (Å²) in [5.41, 5.74) is 6.22. The Kier molecular flexibility index (Phi) is 6.65. The van der Waals surface area contributed by atoms with Crippen LogP contribution < -0.4 is 10.6 Å². The first-order valence-electron chi connectivity index (χ1n) is 8.33. The Morgan fingerprint density at radius 2 is 2.04 bits per heavy atom. The fourth-order valence-corrected chi connectivity index (χ4v) is 3.49. The predicted octanol–water partition coefficient (Wildman–Crippen LogP) is 1.56. The molecule has 23 heavy (non-hydrogen) atoms. The summed E-state index contributed by atoms with van der Waals surface area (Å²) < 4.78 is 0. The number of nitrogens with two attached hydrogens (primary N) is 1. The van der Waals surface area contributed by atoms with Gasteiger partial charge >= 0.3 is 0 Å². The molecule has 1 fully saturated rings. The monoisotopic (exact) mass is 338 g/mol. The van der Waals surface area contributed by atoms with E-state index >= 15 is 0 Å². The van der Waals surface area contributed by atoms with Crippen molar-refractivity contribution in [1.82, 2.24) is 14.8 Å². The number of likely N-dealkylation sites (N-methyl/N-ethyl adjacent to an activating group) is 1. The molecule has 1 unspecified atom stereocenters. The lowest BCUT2D eigenvalue weighted by Crippen LogP contribution is -2.51. The predicted molar refractivity (Wildman–Crippen MR) is 99.3 cm³/mol. The highest BCUT2D eigenvalue weighted by atomic mass is 32.1. The Labute approximate surface area is 144 Å². The Bertz CT molecular complexity index is 477. The molecule has 0 amide bonds. The summed E-state index contributed by atoms with van der Waals surface area (Å²) in [7, 11) is 4.23. The van der Waals surface area contributed by atoms with Gasteiger partial charge in [-0.05, 0) is 26.4 Å². The van der Waals surface area contributed by atoms with Gasteiger partial charge in [-0.1, -0.05) is 13.8 Å². The van der Waals surface area contributed by atoms with Crippen molar-refractivity contribution in [3.63, 3.8) is 0 Å². The zero-order valence-electron chi connectivity index (χ0n) is 14.8. The average molecular weight is 339 g/mol. The maximum Gasteiger partial charge on any atom is 0.191 e. The first kappa shape index (κ1) is 18.0. The van der Waals surface area contributed by atoms with Crippen molar-refractivity contribution >= 4 is 22.4 Å². The van der Waals surface area contributed by atoms with Gasteiger partial charge in [0.1, 0.15) is 0 Å². The molecule has 1 atom stereocenters. The third kappa shape index (κ3) is 5.35. The molecule has 0 spiro atoms. The minimum absolute atomic E-state index is 0.449. The van der Waals surface area contributed by atoms with Crippen LogP contribution in [-0.4, -0.2) is 73.6 Å². The van der Waals surface area contributed by atoms with Crippen LogP contribution in [0.3, 0.4) is 0 Å². The van der Waals surface area contributed by atoms with E-state index < -0.39 is 0 Å². The molecule has 1 aliphatic heterocycles. The molecule has 1 aliphatic rings. The van der Waals surface area contributed by atoms with Gasteiger partial charge in [0.2, 0.25) is 0 Å². The molecule has 1 saturated heterocycles. The molecule has 2 rings (SSSR count). The highest BCUT2D eigenvalue weighted by molar-refractivity contribution is 7.13. The van der Waals surface area contributed by atoms with Crippen LogP contribution in [-0.2, 0) is 0 Å². The lowest BCUT2D eigenvalue weighted by Gasteiger charge is -2.35. The first-order valence-corrected chi connectivity index (χ1v) is 9.21. The normalized spacial score (nSPS) is 18.1. The largest absolute Gasteiger partial charge is 0.370 e. The van der Waals surface area contributed by atoms with Crippen LogP contribution in [0.15, 0.2) is 16.6 Å². The van der Waals surface area contributed by atoms with Crippen LogP contribution in [0.25, 0.3) is 0 Å². The van der Waals surface area contributed by atoms with E-state index in [-0.39, 0.29) is 0 Å². The zero-order chi connectivity index (χ0) is 16.8. The summed E-state index contributed by atoms with van der Waals surface area (Å²) >= 11 is 1.69. The topological polar surface area (TPSA) is 61.0 Å². The van der Waals surface area contributed by atoms with Gasteiger partial charge in [-0.3, -0.25) is 4.99 Å². The molecule has 0 radical (unpaired) electrons. The van der Waals surface area contributed by atoms with Crippen LogP contribution in [0, 0.1) is 5.92 Å². The molecule has 2 heterocycles. The molecule has 1 aromatic heterocycles. The quantitative estimate of drug-likeness (QED) is 0.630. The number of anilines is 1. The van der Waals surface area contributed by atoms with Crippen LogP contribution in [0.5, 0.6) is 0 Å². The molecule has 0 aromatic carbocycles. The van der Waals surface area contributed by atoms with Crippen LogP contribution in [0.1, 0.15) is 20.3 Å². The van der Waals surface area contributed by atoms with Crippen LogP contribution in [0.2, 0.25) is 0 Å². The van der Waals surface area contributed by atoms with Gasteiger partial charge in [-0.15, -0.1) is 11.3 Å². The van der Waals surface area contributed by atoms with E-state index in [1.165, 1.54) is 0 Å². The van der Waals surface area contributed by atoms with Crippen LogP contribution >= 0.6 is 11.3 Å². The van der Waals surface area contributed by atoms with E-state index in [0.717, 1.165) is 44.3 Å². The third-order valence-corrected chi connectivity index (χ3v) is 5.06. The van der Waals surface area contributed by atoms with Gasteiger partial charge in [0.25, 0.3) is 0 Å². The van der Waals surface area contributed by atoms with Gasteiger partial charge in [-0.2, -0.15) is 0 Å². The molecule has 0 aliphatic carbocycles. The van der Waals surface area contributed by atoms with E-state index in [2.05, 4.69) is 52.6 Å². The van der Waals surface area contributed by atoms with Crippen molar-refractivity contribution in [3.8, 4) is 0 Å². The maximum absolute atomic E-state index is 6.22. The zero-order valence-corrected chi connectivity index (χ0v) is 15.6. The number of guanidine groups is 1. The van der Waals surface area contributed by atoms with Crippen LogP contribution in [0.4, 0.5) is 5.13 Å². The van der Waals surface area contributed by atoms with Gasteiger partial charge in [0.05, 0.1) is 6.54 Å². The van der Waals surface area contributed by atoms with Crippen molar-refractivity contribution < 1.29 is 0 Å². The first-order chi connectivity index (χ1) is 11.0. The number of aromatic nitrogens is 1. The van der Waals surface area contributed by atoms with Gasteiger partial charge in [0.15, 0.2) is 11.1 Å². The van der Waals surface area contributed by atoms with E-state index in [1.54, 1.807) is 11.3 Å². The van der Waals surface area contributed by atoms with Gasteiger partial charge in [0, 0.05) is 43.8 Å². The molecule has 7 heteroatoms. The molecular weight excluding hydrogens is 308 g/mol. The lowest BCUT2D eigenvalue weighted by molar-refractivity contribution is 0.260. The van der Waals surface area contributed by atoms with Crippen molar-refractivity contribution in [2.45, 2.75) is 26.3 Å². The molecular formula is C16H30N6S. The van der Waals surface area contributed by atoms with Crippen molar-refractivity contribution in [1.29, 1.82) is 0 Å². The maximum atomic E-state index is 6.22. The summed E-state index contributed by atoms with van der Waals surface area (Å²) in [6, 6.07) is 0.449. The van der Waals surface area contributed by atoms with Crippen molar-refractivity contribution in [2.75, 3.05) is 51.7 Å². The summed E-state index contributed by atoms with van der Waals surface area (Å²) in [4.78, 5) is 15.8. The molecule has 2 N–H and O–H groups in total. The second kappa shape index (κ2) is 8.49. The number of aliphatic imine (C=N–C) groups is 1. The Morgan fingerprint density at radius 1 is 1.35 bits per heavy atom. The van der Waals surface area contributed by atoms with Crippen molar-refractivity contribution in [2.24, 2.45) is 16.6 Å². The van der Waals surface area contributed by atoms with E-state index in [9.17, 15) is 0 Å². The minimum atomic E-state index is 0.449. The Balaban J connectivity index is 1.84. The van der Waals surface area contributed by atoms with Crippen molar-refractivity contribution in [3.05, 3.63) is 11.6 Å². The minimum Gasteiger partial charge on any atom is -0.370 e. The number of nitrogens with zero attached hydrogens (tertiary/aromatic N) is 5. The molecule has 6 nitrogen and oxygen atoms in total. The number of hydrogen-bond donors (Lipinski definition) is 1. The molecule has 1 aromatic rings. The van der Waals surface area contributed by atoms with E-state index in [4.69, 9.17) is 5.73 Å². The number of rotatable bonds is 6. The summed E-state index contributed by atoms with van der Waals surface area (Å²) in [6.45, 7) is 8.99. The number of hydrogen-bond acceptors (Lipinski definition) is 5. The fraction of sp³-hybridized carbons (Fsp3) is 0.750. The fourth-order valence-electron chi connectivity index (χ4n) is 2.79. The smallest absolute Gasteiger partial charge is 0.191 e. The van der Waals surface area contributed by atoms with E-state index in [1.807, 2.05) is 11.6 Å². The third-order valence-electron chi connectivity index (χ3n) is 4.23. The second-order valence-electron chi connectivity index (χ2n) is 6.73. The molecule has 130 valence electrons. The van der Waals surface area contributed by atoms with Gasteiger partial charge in [-0.25, -0.2) is 4.98 Å². The highest BCUT2D eigenvalue weighted by Crippen LogP contribution is 2.18. The molecule has 0 saturated carbocycles.